The van der Waals surface area contributed by atoms with Gasteiger partial charge in [-0.05, 0) is 187 Å². The van der Waals surface area contributed by atoms with Gasteiger partial charge in [0, 0.05) is 70.6 Å². The Hall–Kier alpha value is -8.08. The van der Waals surface area contributed by atoms with Crippen LogP contribution in [-0.2, 0) is 105 Å². The Morgan fingerprint density at radius 2 is 1.39 bits per heavy atom. The van der Waals surface area contributed by atoms with Gasteiger partial charge in [0.25, 0.3) is 12.4 Å². The number of likely N-dealkylation sites (tertiary alicyclic amines) is 1. The predicted octanol–water partition coefficient (Wildman–Crippen LogP) is 11.1. The number of ketones is 2. The first-order valence-electron chi connectivity index (χ1n) is 44.6. The quantitative estimate of drug-likeness (QED) is 0.00607. The van der Waals surface area contributed by atoms with Crippen LogP contribution in [0.5, 0.6) is 5.75 Å². The molecule has 4 aliphatic rings. The van der Waals surface area contributed by atoms with Crippen molar-refractivity contribution in [2.24, 2.45) is 40.3 Å². The molecule has 3 fully saturated rings. The second-order valence-electron chi connectivity index (χ2n) is 32.8. The number of methoxy groups -OCH3 is 1. The average molecular weight is 1720 g/mol. The van der Waals surface area contributed by atoms with Crippen LogP contribution in [0.3, 0.4) is 0 Å². The third-order valence-electron chi connectivity index (χ3n) is 23.3. The number of aromatic nitrogens is 4. The molecule has 0 spiro atoms. The number of fused-ring (bicyclic) bond motifs is 2. The zero-order valence-electron chi connectivity index (χ0n) is 74.0. The number of aliphatic imine (C=N–C) groups is 1. The number of nitrogens with zero attached hydrogens (tertiary/aromatic N) is 7. The van der Waals surface area contributed by atoms with Crippen LogP contribution in [-0.4, -0.2) is 266 Å². The maximum atomic E-state index is 13.3. The molecule has 1 aliphatic carbocycles. The van der Waals surface area contributed by atoms with Gasteiger partial charge in [-0.15, -0.1) is 0 Å². The number of allylic oxidation sites excluding steroid dienone is 6. The van der Waals surface area contributed by atoms with Gasteiger partial charge in [-0.2, -0.15) is 5.10 Å². The summed E-state index contributed by atoms with van der Waals surface area (Å²) in [6.45, 7) is 26.2. The van der Waals surface area contributed by atoms with Gasteiger partial charge >= 0.3 is 0 Å². The first kappa shape index (κ1) is 100. The van der Waals surface area contributed by atoms with Crippen LogP contribution in [0.25, 0.3) is 22.3 Å². The number of nitrogens with two attached hydrogens (primary N) is 2. The van der Waals surface area contributed by atoms with E-state index in [2.05, 4.69) is 65.1 Å². The van der Waals surface area contributed by atoms with E-state index in [-0.39, 0.29) is 98.3 Å². The normalized spacial score (nSPS) is 19.4. The van der Waals surface area contributed by atoms with Crippen molar-refractivity contribution in [3.63, 3.8) is 0 Å². The summed E-state index contributed by atoms with van der Waals surface area (Å²) in [6, 6.07) is 11.7. The highest BCUT2D eigenvalue weighted by molar-refractivity contribution is 6.37. The molecular formula is C93H140N10O20. The summed E-state index contributed by atoms with van der Waals surface area (Å²) in [4.78, 5) is 93.0. The van der Waals surface area contributed by atoms with E-state index < -0.39 is 23.9 Å². The number of nitrogen functional groups attached to an aromatic ring is 1. The molecule has 2 aromatic carbocycles. The number of ether oxygens (including phenoxy) is 13. The molecule has 4 aromatic rings. The Morgan fingerprint density at radius 1 is 0.724 bits per heavy atom. The molecule has 8 rings (SSSR count). The highest BCUT2D eigenvalue weighted by Crippen LogP contribution is 2.38. The molecule has 6 N–H and O–H groups in total. The van der Waals surface area contributed by atoms with Crippen molar-refractivity contribution in [1.82, 2.24) is 34.9 Å². The number of nitrogens with one attached hydrogen (secondary N) is 1. The van der Waals surface area contributed by atoms with Crippen LogP contribution in [0.15, 0.2) is 95.3 Å². The predicted molar refractivity (Wildman–Crippen MR) is 470 cm³/mol. The molecule has 7 unspecified atom stereocenters. The Balaban J connectivity index is 0.537. The van der Waals surface area contributed by atoms with Crippen LogP contribution >= 0.6 is 0 Å². The Labute approximate surface area is 727 Å². The van der Waals surface area contributed by atoms with E-state index in [4.69, 9.17) is 78.1 Å². The number of hydrogen-bond acceptors (Lipinski definition) is 26. The summed E-state index contributed by atoms with van der Waals surface area (Å²) in [6.07, 6.45) is 26.0. The van der Waals surface area contributed by atoms with Gasteiger partial charge in [-0.25, -0.2) is 14.6 Å². The molecule has 30 nitrogen and oxygen atoms in total. The number of benzene rings is 2. The molecule has 30 heteroatoms. The van der Waals surface area contributed by atoms with Crippen molar-refractivity contribution < 1.29 is 95.5 Å². The van der Waals surface area contributed by atoms with Crippen LogP contribution in [0.4, 0.5) is 11.5 Å². The Morgan fingerprint density at radius 3 is 2.06 bits per heavy atom. The van der Waals surface area contributed by atoms with Crippen LogP contribution in [0, 0.1) is 29.6 Å². The van der Waals surface area contributed by atoms with Crippen LogP contribution in [0.2, 0.25) is 0 Å². The first-order chi connectivity index (χ1) is 59.7. The molecular weight excluding hydrogens is 1580 g/mol. The molecule has 5 heterocycles. The number of hydrogen-bond donors (Lipinski definition) is 4. The number of anilines is 1. The van der Waals surface area contributed by atoms with Crippen molar-refractivity contribution in [2.45, 2.75) is 213 Å². The first-order valence-corrected chi connectivity index (χ1v) is 44.6. The standard InChI is InChI=1S/C93H140N10O20/c1-66(15-11-9-12-16-68(3)84(111-8)59-79-26-18-69(4)90(123-79)89(109)93(110)101-35-13-10-14-36-101)55-70(5)81(105)60-82(106)71(6)56-67(2)17-25-78(122-65-104)29-22-72-20-27-77(28-21-72)120-54-53-119-52-51-118-50-48-115-44-41-112-38-32-85(107)97-34-40-114-43-46-117-49-47-116-45-42-113-39-33-86(108)102-37-31-74-57-73(19-23-76(74)62-102)61-103-92-87(91(95)98-64-99-92)88(100-103)75-24-30-83(121-63-94)80(58-75)96-7/h9,11-12,15-16,19,23-24,30,56-58,64-67,69-70,72,77-79,82,84,90,106H,7,10,13-14,17-18,20-22,25-29,31-55,59-63,94H2,1-6,8H3,(H,97,107)(H2,95,98,99)/b12-9+,15-11+,68-16+,71-56+/t66?,67?,69-,70?,72?,77?,78?,79+,82?,84?,90?/m1/s1. The second-order valence-corrected chi connectivity index (χ2v) is 32.8. The van der Waals surface area contributed by atoms with Crippen LogP contribution in [0.1, 0.15) is 174 Å². The SMILES string of the molecule is C=Nc1cc(-c2nn(Cc3ccc4c(c3)CCN(C(=O)CCOCCOCCOCCOCCNC(=O)CCOCCOCCOCCOCCOC3CCC(CCC(CCC(C)/C=C(\C)C(O)CC(=O)C(C)CC(C)/C=C/C=C/C=C(\C)C(C[C@@H]5CC[C@@H](C)C(C(=O)C(=O)N6CCCCC6)O5)OC)OC=O)CC3)C4)c3ncnc(N)c23)ccc1OCN. The molecule has 682 valence electrons. The Kier molecular flexibility index (Phi) is 46.3. The summed E-state index contributed by atoms with van der Waals surface area (Å²) >= 11 is 0. The van der Waals surface area contributed by atoms with Crippen molar-refractivity contribution in [1.29, 1.82) is 0 Å². The van der Waals surface area contributed by atoms with Crippen molar-refractivity contribution in [3.05, 3.63) is 107 Å². The molecule has 3 aliphatic heterocycles. The smallest absolute Gasteiger partial charge is 0.293 e. The molecule has 3 amide bonds. The molecule has 9 atom stereocenters. The average Bonchev–Trinajstić information content (AvgIpc) is 1.62. The summed E-state index contributed by atoms with van der Waals surface area (Å²) in [5, 5.41) is 19.5. The monoisotopic (exact) mass is 1720 g/mol. The van der Waals surface area contributed by atoms with Gasteiger partial charge in [0.15, 0.2) is 5.65 Å². The number of amides is 3. The number of rotatable bonds is 61. The minimum Gasteiger partial charge on any atom is -0.476 e. The number of carbonyl (C=O) groups is 6. The van der Waals surface area contributed by atoms with Gasteiger partial charge in [-0.3, -0.25) is 39.5 Å². The molecule has 1 saturated carbocycles. The maximum absolute atomic E-state index is 13.3. The van der Waals surface area contributed by atoms with Gasteiger partial charge in [-0.1, -0.05) is 82.4 Å². The number of aliphatic hydroxyl groups excluding tert-OH is 1. The zero-order valence-corrected chi connectivity index (χ0v) is 74.0. The van der Waals surface area contributed by atoms with Crippen LogP contribution < -0.4 is 21.5 Å². The molecule has 2 aromatic heterocycles. The largest absolute Gasteiger partial charge is 0.476 e. The Bertz CT molecular complexity index is 3970. The van der Waals surface area contributed by atoms with E-state index in [1.807, 2.05) is 79.8 Å². The van der Waals surface area contributed by atoms with Crippen molar-refractivity contribution in [3.8, 4) is 17.0 Å². The fourth-order valence-electron chi connectivity index (χ4n) is 16.1. The molecule has 123 heavy (non-hydrogen) atoms. The van der Waals surface area contributed by atoms with E-state index in [0.29, 0.717) is 211 Å². The van der Waals surface area contributed by atoms with Crippen molar-refractivity contribution in [2.75, 3.05) is 158 Å². The highest BCUT2D eigenvalue weighted by atomic mass is 16.6. The third kappa shape index (κ3) is 35.7. The topological polar surface area (TPSA) is 369 Å². The number of Topliss-reactive ketones (excluding diaryl/α,β-unsaturated/α-hetero) is 2. The van der Waals surface area contributed by atoms with Gasteiger partial charge in [0.05, 0.1) is 155 Å². The van der Waals surface area contributed by atoms with E-state index >= 15 is 0 Å². The van der Waals surface area contributed by atoms with E-state index in [9.17, 15) is 33.9 Å². The highest BCUT2D eigenvalue weighted by Gasteiger charge is 2.40. The fourth-order valence-corrected chi connectivity index (χ4v) is 16.1. The van der Waals surface area contributed by atoms with Gasteiger partial charge < -0.3 is 87.5 Å². The molecule has 2 saturated heterocycles. The lowest BCUT2D eigenvalue weighted by Gasteiger charge is -2.36. The fraction of sp³-hybridized carbons (Fsp3) is 0.656. The lowest BCUT2D eigenvalue weighted by atomic mass is 9.83. The second kappa shape index (κ2) is 56.8. The summed E-state index contributed by atoms with van der Waals surface area (Å²) in [5.41, 5.74) is 19.6. The number of aliphatic hydroxyl groups is 1. The number of piperidine rings is 1. The lowest BCUT2D eigenvalue weighted by Crippen LogP contribution is -2.49. The maximum Gasteiger partial charge on any atom is 0.293 e. The van der Waals surface area contributed by atoms with Gasteiger partial charge in [0.1, 0.15) is 54.0 Å². The van der Waals surface area contributed by atoms with E-state index in [1.54, 1.807) is 18.1 Å². The lowest BCUT2D eigenvalue weighted by molar-refractivity contribution is -0.161. The van der Waals surface area contributed by atoms with Crippen molar-refractivity contribution >= 4 is 65.0 Å². The minimum atomic E-state index is -0.866. The zero-order chi connectivity index (χ0) is 87.9. The third-order valence-corrected chi connectivity index (χ3v) is 23.3. The molecule has 0 bridgehead atoms. The number of carbonyl (C=O) groups excluding carboxylic acids is 6. The minimum absolute atomic E-state index is 0.00257. The summed E-state index contributed by atoms with van der Waals surface area (Å²) in [5.74, 6) is 0.510. The summed E-state index contributed by atoms with van der Waals surface area (Å²) < 4.78 is 76.2. The van der Waals surface area contributed by atoms with Gasteiger partial charge in [0.2, 0.25) is 17.6 Å². The molecule has 0 radical (unpaired) electrons. The van der Waals surface area contributed by atoms with E-state index in [0.717, 1.165) is 111 Å². The summed E-state index contributed by atoms with van der Waals surface area (Å²) in [7, 11) is 1.68. The van der Waals surface area contributed by atoms with E-state index in [1.165, 1.54) is 11.9 Å².